The van der Waals surface area contributed by atoms with Crippen LogP contribution in [0.15, 0.2) is 28.0 Å². The number of aryl methyl sites for hydroxylation is 1. The molecule has 0 atom stereocenters. The first-order chi connectivity index (χ1) is 11.9. The molecule has 2 aromatic rings. The zero-order chi connectivity index (χ0) is 18.8. The summed E-state index contributed by atoms with van der Waals surface area (Å²) in [5, 5.41) is 2.85. The minimum atomic E-state index is -0.247. The average Bonchev–Trinajstić information content (AvgIpc) is 2.96. The van der Waals surface area contributed by atoms with E-state index in [0.717, 1.165) is 17.7 Å². The number of thioether (sulfide) groups is 1. The molecular formula is C18H22N2O4S. The highest BCUT2D eigenvalue weighted by Gasteiger charge is 2.31. The molecule has 1 aliphatic rings. The molecule has 0 fully saturated rings. The zero-order valence-electron chi connectivity index (χ0n) is 14.8. The highest BCUT2D eigenvalue weighted by atomic mass is 32.2. The van der Waals surface area contributed by atoms with Crippen molar-refractivity contribution in [2.24, 2.45) is 0 Å². The van der Waals surface area contributed by atoms with Crippen molar-refractivity contribution >= 4 is 17.5 Å². The third-order valence-electron chi connectivity index (χ3n) is 4.73. The van der Waals surface area contributed by atoms with E-state index in [0.29, 0.717) is 12.1 Å². The molecule has 0 saturated heterocycles. The number of aromatic amines is 1. The van der Waals surface area contributed by atoms with Crippen molar-refractivity contribution in [2.45, 2.75) is 51.0 Å². The van der Waals surface area contributed by atoms with Gasteiger partial charge in [-0.1, -0.05) is 13.8 Å². The lowest BCUT2D eigenvalue weighted by Gasteiger charge is -2.34. The molecule has 1 aromatic carbocycles. The lowest BCUT2D eigenvalue weighted by Crippen LogP contribution is -2.26. The molecule has 6 nitrogen and oxygen atoms in total. The van der Waals surface area contributed by atoms with Crippen LogP contribution in [0.3, 0.4) is 0 Å². The monoisotopic (exact) mass is 362 g/mol. The molecule has 25 heavy (non-hydrogen) atoms. The molecule has 0 aliphatic carbocycles. The highest BCUT2D eigenvalue weighted by Crippen LogP contribution is 2.44. The number of aromatic nitrogens is 2. The first-order valence-corrected chi connectivity index (χ1v) is 9.12. The van der Waals surface area contributed by atoms with Gasteiger partial charge in [-0.25, -0.2) is 0 Å². The predicted molar refractivity (Wildman–Crippen MR) is 100 cm³/mol. The summed E-state index contributed by atoms with van der Waals surface area (Å²) >= 11 is 1.85. The molecule has 3 rings (SSSR count). The van der Waals surface area contributed by atoms with Gasteiger partial charge in [-0.3, -0.25) is 14.3 Å². The third kappa shape index (κ3) is 3.33. The number of hydrogen-bond acceptors (Lipinski definition) is 5. The van der Waals surface area contributed by atoms with E-state index in [1.54, 1.807) is 0 Å². The maximum Gasteiger partial charge on any atom is 0.277 e. The smallest absolute Gasteiger partial charge is 0.277 e. The molecule has 0 bridgehead atoms. The molecule has 7 heteroatoms. The quantitative estimate of drug-likeness (QED) is 0.843. The topological polar surface area (TPSA) is 89.0 Å². The number of ketones is 1. The SMILES string of the molecule is CCn1[nH]cc(C(=O)c2ccc3c(c2C)C(C)(C)CCS3)c1=O.O=O. The van der Waals surface area contributed by atoms with Crippen LogP contribution < -0.4 is 5.56 Å². The van der Waals surface area contributed by atoms with Gasteiger partial charge in [0.2, 0.25) is 0 Å². The molecule has 134 valence electrons. The number of hydrogen-bond donors (Lipinski definition) is 1. The summed E-state index contributed by atoms with van der Waals surface area (Å²) in [6.07, 6.45) is 2.61. The van der Waals surface area contributed by atoms with E-state index >= 15 is 0 Å². The second kappa shape index (κ2) is 7.39. The number of fused-ring (bicyclic) bond motifs is 1. The van der Waals surface area contributed by atoms with Crippen LogP contribution in [0.2, 0.25) is 0 Å². The molecule has 0 saturated carbocycles. The Balaban J connectivity index is 0.00000109. The van der Waals surface area contributed by atoms with Crippen molar-refractivity contribution in [3.05, 3.63) is 60.9 Å². The summed E-state index contributed by atoms with van der Waals surface area (Å²) in [6.45, 7) is 8.86. The van der Waals surface area contributed by atoms with Crippen molar-refractivity contribution in [3.8, 4) is 0 Å². The van der Waals surface area contributed by atoms with Crippen LogP contribution in [0.4, 0.5) is 0 Å². The Kier molecular flexibility index (Phi) is 5.67. The molecule has 2 heterocycles. The van der Waals surface area contributed by atoms with E-state index in [1.807, 2.05) is 37.7 Å². The van der Waals surface area contributed by atoms with Crippen LogP contribution >= 0.6 is 11.8 Å². The van der Waals surface area contributed by atoms with Gasteiger partial charge in [0, 0.05) is 33.1 Å². The maximum absolute atomic E-state index is 12.9. The standard InChI is InChI=1S/C18H22N2O2S.O2/c1-5-20-17(22)13(10-19-20)16(21)12-6-7-14-15(11(12)2)18(3,4)8-9-23-14;1-2/h6-7,10,19H,5,8-9H2,1-4H3;. The Labute approximate surface area is 150 Å². The maximum atomic E-state index is 12.9. The third-order valence-corrected chi connectivity index (χ3v) is 5.79. The summed E-state index contributed by atoms with van der Waals surface area (Å²) in [5.41, 5.74) is 2.93. The highest BCUT2D eigenvalue weighted by molar-refractivity contribution is 7.99. The Hall–Kier alpha value is -2.15. The first kappa shape index (κ1) is 19.2. The van der Waals surface area contributed by atoms with Gasteiger partial charge in [0.1, 0.15) is 5.56 Å². The van der Waals surface area contributed by atoms with E-state index in [1.165, 1.54) is 21.3 Å². The molecular weight excluding hydrogens is 340 g/mol. The number of nitrogens with one attached hydrogen (secondary N) is 1. The van der Waals surface area contributed by atoms with Crippen molar-refractivity contribution in [1.29, 1.82) is 0 Å². The minimum Gasteiger partial charge on any atom is -0.302 e. The van der Waals surface area contributed by atoms with Crippen LogP contribution in [0.25, 0.3) is 0 Å². The van der Waals surface area contributed by atoms with Crippen molar-refractivity contribution in [2.75, 3.05) is 5.75 Å². The second-order valence-electron chi connectivity index (χ2n) is 6.66. The summed E-state index contributed by atoms with van der Waals surface area (Å²) in [4.78, 5) is 40.4. The number of carbonyl (C=O) groups is 1. The minimum absolute atomic E-state index is 0.0583. The molecule has 1 N–H and O–H groups in total. The predicted octanol–water partition coefficient (Wildman–Crippen LogP) is 3.58. The molecule has 1 aromatic heterocycles. The summed E-state index contributed by atoms with van der Waals surface area (Å²) in [5.74, 6) is 0.913. The van der Waals surface area contributed by atoms with E-state index < -0.39 is 0 Å². The van der Waals surface area contributed by atoms with Crippen LogP contribution in [0, 0.1) is 16.9 Å². The van der Waals surface area contributed by atoms with E-state index in [9.17, 15) is 9.59 Å². The second-order valence-corrected chi connectivity index (χ2v) is 7.80. The van der Waals surface area contributed by atoms with Gasteiger partial charge in [-0.05, 0) is 54.7 Å². The number of benzene rings is 1. The number of nitrogens with zero attached hydrogens (tertiary/aromatic N) is 1. The Bertz CT molecular complexity index is 851. The van der Waals surface area contributed by atoms with E-state index in [2.05, 4.69) is 18.9 Å². The van der Waals surface area contributed by atoms with E-state index in [-0.39, 0.29) is 22.3 Å². The number of H-pyrrole nitrogens is 1. The fraction of sp³-hybridized carbons (Fsp3) is 0.444. The number of carbonyl (C=O) groups excluding carboxylic acids is 1. The number of rotatable bonds is 3. The molecule has 0 unspecified atom stereocenters. The van der Waals surface area contributed by atoms with E-state index in [4.69, 9.17) is 9.93 Å². The Morgan fingerprint density at radius 3 is 2.56 bits per heavy atom. The van der Waals surface area contributed by atoms with Gasteiger partial charge >= 0.3 is 0 Å². The van der Waals surface area contributed by atoms with Crippen LogP contribution in [-0.2, 0) is 12.0 Å². The lowest BCUT2D eigenvalue weighted by molar-refractivity contribution is 0.103. The molecule has 1 aliphatic heterocycles. The lowest BCUT2D eigenvalue weighted by atomic mass is 9.77. The van der Waals surface area contributed by atoms with Gasteiger partial charge in [-0.15, -0.1) is 11.8 Å². The molecule has 0 radical (unpaired) electrons. The van der Waals surface area contributed by atoms with Gasteiger partial charge < -0.3 is 5.10 Å². The van der Waals surface area contributed by atoms with Crippen LogP contribution in [0.5, 0.6) is 0 Å². The van der Waals surface area contributed by atoms with Crippen LogP contribution in [0.1, 0.15) is 54.2 Å². The Morgan fingerprint density at radius 2 is 1.96 bits per heavy atom. The van der Waals surface area contributed by atoms with Crippen molar-refractivity contribution < 1.29 is 4.79 Å². The van der Waals surface area contributed by atoms with Gasteiger partial charge in [0.15, 0.2) is 5.78 Å². The summed E-state index contributed by atoms with van der Waals surface area (Å²) in [6, 6.07) is 3.90. The normalized spacial score (nSPS) is 15.0. The first-order valence-electron chi connectivity index (χ1n) is 8.13. The summed E-state index contributed by atoms with van der Waals surface area (Å²) < 4.78 is 1.45. The fourth-order valence-electron chi connectivity index (χ4n) is 3.39. The van der Waals surface area contributed by atoms with Gasteiger partial charge in [0.05, 0.1) is 0 Å². The average molecular weight is 362 g/mol. The largest absolute Gasteiger partial charge is 0.302 e. The van der Waals surface area contributed by atoms with Crippen molar-refractivity contribution in [1.82, 2.24) is 9.78 Å². The van der Waals surface area contributed by atoms with Crippen molar-refractivity contribution in [3.63, 3.8) is 0 Å². The van der Waals surface area contributed by atoms with Gasteiger partial charge in [-0.2, -0.15) is 0 Å². The summed E-state index contributed by atoms with van der Waals surface area (Å²) in [7, 11) is 0. The molecule has 0 spiro atoms. The fourth-order valence-corrected chi connectivity index (χ4v) is 4.96. The van der Waals surface area contributed by atoms with Crippen LogP contribution in [-0.4, -0.2) is 21.3 Å². The Morgan fingerprint density at radius 1 is 1.28 bits per heavy atom. The van der Waals surface area contributed by atoms with Gasteiger partial charge in [0.25, 0.3) is 5.56 Å². The zero-order valence-corrected chi connectivity index (χ0v) is 15.7. The molecule has 0 amide bonds.